The van der Waals surface area contributed by atoms with E-state index in [0.717, 1.165) is 10.6 Å². The van der Waals surface area contributed by atoms with Gasteiger partial charge in [-0.15, -0.1) is 16.4 Å². The Morgan fingerprint density at radius 3 is 3.05 bits per heavy atom. The van der Waals surface area contributed by atoms with Gasteiger partial charge < -0.3 is 10.1 Å². The Kier molecular flexibility index (Phi) is 4.40. The molecule has 0 atom stereocenters. The molecule has 0 saturated heterocycles. The normalized spacial score (nSPS) is 10.4. The monoisotopic (exact) mass is 315 g/mol. The van der Waals surface area contributed by atoms with Gasteiger partial charge in [-0.05, 0) is 34.0 Å². The van der Waals surface area contributed by atoms with Gasteiger partial charge >= 0.3 is 0 Å². The number of hydrogen-bond acceptors (Lipinski definition) is 6. The highest BCUT2D eigenvalue weighted by atomic mass is 32.1. The molecule has 0 aliphatic carbocycles. The molecule has 0 saturated carbocycles. The quantitative estimate of drug-likeness (QED) is 0.744. The Hall–Kier alpha value is -2.74. The Bertz CT molecular complexity index is 728. The van der Waals surface area contributed by atoms with E-state index in [2.05, 4.69) is 20.8 Å². The van der Waals surface area contributed by atoms with Crippen molar-refractivity contribution in [1.29, 1.82) is 0 Å². The van der Waals surface area contributed by atoms with E-state index in [9.17, 15) is 4.79 Å². The molecule has 8 heteroatoms. The number of hydrogen-bond donors (Lipinski definition) is 1. The van der Waals surface area contributed by atoms with Crippen LogP contribution in [-0.4, -0.2) is 32.7 Å². The molecular weight excluding hydrogens is 302 g/mol. The lowest BCUT2D eigenvalue weighted by molar-refractivity contribution is -0.123. The van der Waals surface area contributed by atoms with E-state index < -0.39 is 0 Å². The molecule has 1 amide bonds. The molecular formula is C14H13N5O2S. The van der Waals surface area contributed by atoms with Crippen molar-refractivity contribution in [3.05, 3.63) is 53.0 Å². The number of benzene rings is 1. The number of carbonyl (C=O) groups is 1. The van der Waals surface area contributed by atoms with Gasteiger partial charge in [-0.1, -0.05) is 12.1 Å². The fraction of sp³-hybridized carbons (Fsp3) is 0.143. The average molecular weight is 315 g/mol. The number of amides is 1. The maximum Gasteiger partial charge on any atom is 0.258 e. The lowest BCUT2D eigenvalue weighted by atomic mass is 10.3. The topological polar surface area (TPSA) is 81.9 Å². The fourth-order valence-corrected chi connectivity index (χ4v) is 2.44. The molecule has 22 heavy (non-hydrogen) atoms. The number of thiophene rings is 1. The van der Waals surface area contributed by atoms with Crippen LogP contribution in [0.3, 0.4) is 0 Å². The number of nitrogens with zero attached hydrogens (tertiary/aromatic N) is 4. The van der Waals surface area contributed by atoms with Crippen molar-refractivity contribution in [2.24, 2.45) is 0 Å². The molecule has 0 aliphatic rings. The number of rotatable bonds is 6. The first-order valence-corrected chi connectivity index (χ1v) is 7.44. The van der Waals surface area contributed by atoms with Crippen molar-refractivity contribution < 1.29 is 9.53 Å². The number of aromatic nitrogens is 4. The molecule has 0 aliphatic heterocycles. The lowest BCUT2D eigenvalue weighted by Gasteiger charge is -2.08. The molecule has 2 heterocycles. The summed E-state index contributed by atoms with van der Waals surface area (Å²) in [7, 11) is 0. The Morgan fingerprint density at radius 2 is 2.27 bits per heavy atom. The molecule has 0 radical (unpaired) electrons. The minimum absolute atomic E-state index is 0.0373. The third-order valence-electron chi connectivity index (χ3n) is 2.84. The van der Waals surface area contributed by atoms with Gasteiger partial charge in [0.1, 0.15) is 12.1 Å². The Morgan fingerprint density at radius 1 is 1.32 bits per heavy atom. The van der Waals surface area contributed by atoms with E-state index >= 15 is 0 Å². The molecule has 1 aromatic carbocycles. The summed E-state index contributed by atoms with van der Waals surface area (Å²) in [5.41, 5.74) is 0.765. The van der Waals surface area contributed by atoms with Crippen LogP contribution in [0.15, 0.2) is 48.1 Å². The number of nitrogens with one attached hydrogen (secondary N) is 1. The summed E-state index contributed by atoms with van der Waals surface area (Å²) in [6, 6.07) is 11.1. The molecule has 2 aromatic heterocycles. The van der Waals surface area contributed by atoms with Crippen molar-refractivity contribution in [2.75, 3.05) is 6.61 Å². The van der Waals surface area contributed by atoms with Gasteiger partial charge in [-0.25, -0.2) is 4.68 Å². The maximum absolute atomic E-state index is 11.8. The predicted molar refractivity (Wildman–Crippen MR) is 80.8 cm³/mol. The van der Waals surface area contributed by atoms with Crippen molar-refractivity contribution in [1.82, 2.24) is 25.5 Å². The van der Waals surface area contributed by atoms with Crippen molar-refractivity contribution in [3.63, 3.8) is 0 Å². The zero-order chi connectivity index (χ0) is 15.2. The SMILES string of the molecule is O=C(COc1cccc(-n2cnnn2)c1)NCc1cccs1. The number of carbonyl (C=O) groups excluding carboxylic acids is 1. The van der Waals surface area contributed by atoms with Crippen molar-refractivity contribution in [2.45, 2.75) is 6.54 Å². The highest BCUT2D eigenvalue weighted by Gasteiger charge is 2.05. The first-order valence-electron chi connectivity index (χ1n) is 6.56. The second-order valence-corrected chi connectivity index (χ2v) is 5.43. The van der Waals surface area contributed by atoms with Gasteiger partial charge in [0.2, 0.25) is 0 Å². The average Bonchev–Trinajstić information content (AvgIpc) is 3.24. The summed E-state index contributed by atoms with van der Waals surface area (Å²) in [4.78, 5) is 12.9. The predicted octanol–water partition coefficient (Wildman–Crippen LogP) is 1.42. The van der Waals surface area contributed by atoms with Gasteiger partial charge in [0.25, 0.3) is 5.91 Å². The summed E-state index contributed by atoms with van der Waals surface area (Å²) in [6.45, 7) is 0.481. The van der Waals surface area contributed by atoms with Crippen LogP contribution < -0.4 is 10.1 Å². The van der Waals surface area contributed by atoms with Crippen LogP contribution >= 0.6 is 11.3 Å². The first-order chi connectivity index (χ1) is 10.8. The summed E-state index contributed by atoms with van der Waals surface area (Å²) in [5, 5.41) is 15.7. The van der Waals surface area contributed by atoms with Crippen molar-refractivity contribution in [3.8, 4) is 11.4 Å². The van der Waals surface area contributed by atoms with Gasteiger partial charge in [0.05, 0.1) is 12.2 Å². The molecule has 0 fully saturated rings. The minimum atomic E-state index is -0.166. The van der Waals surface area contributed by atoms with Crippen LogP contribution in [0.5, 0.6) is 5.75 Å². The highest BCUT2D eigenvalue weighted by molar-refractivity contribution is 7.09. The zero-order valence-corrected chi connectivity index (χ0v) is 12.4. The zero-order valence-electron chi connectivity index (χ0n) is 11.5. The van der Waals surface area contributed by atoms with Crippen LogP contribution in [0.2, 0.25) is 0 Å². The van der Waals surface area contributed by atoms with Crippen LogP contribution in [0.25, 0.3) is 5.69 Å². The number of tetrazole rings is 1. The molecule has 1 N–H and O–H groups in total. The second kappa shape index (κ2) is 6.81. The molecule has 0 bridgehead atoms. The molecule has 112 valence electrons. The van der Waals surface area contributed by atoms with E-state index in [1.54, 1.807) is 23.5 Å². The number of ether oxygens (including phenoxy) is 1. The van der Waals surface area contributed by atoms with Gasteiger partial charge in [0, 0.05) is 10.9 Å². The maximum atomic E-state index is 11.8. The van der Waals surface area contributed by atoms with Crippen LogP contribution in [0, 0.1) is 0 Å². The second-order valence-electron chi connectivity index (χ2n) is 4.40. The fourth-order valence-electron chi connectivity index (χ4n) is 1.79. The summed E-state index contributed by atoms with van der Waals surface area (Å²) in [6.07, 6.45) is 1.49. The molecule has 7 nitrogen and oxygen atoms in total. The lowest BCUT2D eigenvalue weighted by Crippen LogP contribution is -2.28. The van der Waals surface area contributed by atoms with Crippen LogP contribution in [0.1, 0.15) is 4.88 Å². The molecule has 3 aromatic rings. The third kappa shape index (κ3) is 3.67. The van der Waals surface area contributed by atoms with E-state index in [1.165, 1.54) is 11.0 Å². The van der Waals surface area contributed by atoms with Crippen LogP contribution in [0.4, 0.5) is 0 Å². The summed E-state index contributed by atoms with van der Waals surface area (Å²) >= 11 is 1.60. The van der Waals surface area contributed by atoms with E-state index in [0.29, 0.717) is 12.3 Å². The molecule has 0 unspecified atom stereocenters. The van der Waals surface area contributed by atoms with E-state index in [-0.39, 0.29) is 12.5 Å². The largest absolute Gasteiger partial charge is 0.484 e. The minimum Gasteiger partial charge on any atom is -0.484 e. The van der Waals surface area contributed by atoms with Gasteiger partial charge in [0.15, 0.2) is 6.61 Å². The first kappa shape index (κ1) is 14.2. The summed E-state index contributed by atoms with van der Waals surface area (Å²) < 4.78 is 7.00. The van der Waals surface area contributed by atoms with E-state index in [1.807, 2.05) is 29.6 Å². The third-order valence-corrected chi connectivity index (χ3v) is 3.72. The van der Waals surface area contributed by atoms with Gasteiger partial charge in [-0.2, -0.15) is 0 Å². The molecule has 0 spiro atoms. The Balaban J connectivity index is 1.53. The van der Waals surface area contributed by atoms with Gasteiger partial charge in [-0.3, -0.25) is 4.79 Å². The van der Waals surface area contributed by atoms with Crippen LogP contribution in [-0.2, 0) is 11.3 Å². The Labute approximate surface area is 130 Å². The smallest absolute Gasteiger partial charge is 0.258 e. The van der Waals surface area contributed by atoms with Crippen molar-refractivity contribution >= 4 is 17.2 Å². The highest BCUT2D eigenvalue weighted by Crippen LogP contribution is 2.15. The summed E-state index contributed by atoms with van der Waals surface area (Å²) in [5.74, 6) is 0.417. The van der Waals surface area contributed by atoms with E-state index in [4.69, 9.17) is 4.74 Å². The standard InChI is InChI=1S/C14H13N5O2S/c20-14(15-8-13-5-2-6-22-13)9-21-12-4-1-3-11(7-12)19-10-16-17-18-19/h1-7,10H,8-9H2,(H,15,20). The molecule has 3 rings (SSSR count).